The van der Waals surface area contributed by atoms with Gasteiger partial charge in [-0.25, -0.2) is 0 Å². The van der Waals surface area contributed by atoms with Gasteiger partial charge in [0.25, 0.3) is 11.7 Å². The third kappa shape index (κ3) is 4.49. The third-order valence-electron chi connectivity index (χ3n) is 5.65. The molecule has 2 aliphatic heterocycles. The van der Waals surface area contributed by atoms with Gasteiger partial charge in [-0.3, -0.25) is 9.59 Å². The highest BCUT2D eigenvalue weighted by Crippen LogP contribution is 2.40. The second-order valence-electron chi connectivity index (χ2n) is 7.76. The summed E-state index contributed by atoms with van der Waals surface area (Å²) >= 11 is 3.37. The molecule has 4 rings (SSSR count). The lowest BCUT2D eigenvalue weighted by atomic mass is 9.95. The van der Waals surface area contributed by atoms with Crippen molar-refractivity contribution >= 4 is 33.4 Å². The first kappa shape index (κ1) is 22.3. The van der Waals surface area contributed by atoms with Crippen molar-refractivity contribution < 1.29 is 24.2 Å². The minimum Gasteiger partial charge on any atom is -0.507 e. The van der Waals surface area contributed by atoms with Gasteiger partial charge in [0.05, 0.1) is 17.7 Å². The Morgan fingerprint density at radius 1 is 1.19 bits per heavy atom. The van der Waals surface area contributed by atoms with Crippen LogP contribution < -0.4 is 4.74 Å². The highest BCUT2D eigenvalue weighted by molar-refractivity contribution is 9.10. The maximum atomic E-state index is 13.1. The normalized spacial score (nSPS) is 22.3. The van der Waals surface area contributed by atoms with Crippen molar-refractivity contribution in [2.45, 2.75) is 25.0 Å². The summed E-state index contributed by atoms with van der Waals surface area (Å²) in [5.74, 6) is -0.864. The number of amides is 1. The summed E-state index contributed by atoms with van der Waals surface area (Å²) in [7, 11) is 0. The van der Waals surface area contributed by atoms with Crippen LogP contribution >= 0.6 is 15.9 Å². The smallest absolute Gasteiger partial charge is 0.295 e. The van der Waals surface area contributed by atoms with Crippen molar-refractivity contribution in [2.75, 3.05) is 19.8 Å². The van der Waals surface area contributed by atoms with Gasteiger partial charge in [-0.05, 0) is 42.7 Å². The number of Topliss-reactive ketones (excluding diaryl/α,β-unsaturated/α-hetero) is 1. The van der Waals surface area contributed by atoms with Gasteiger partial charge in [-0.2, -0.15) is 0 Å². The average Bonchev–Trinajstić information content (AvgIpc) is 3.40. The summed E-state index contributed by atoms with van der Waals surface area (Å²) in [5.41, 5.74) is 1.26. The van der Waals surface area contributed by atoms with E-state index in [1.54, 1.807) is 42.5 Å². The Morgan fingerprint density at radius 2 is 1.91 bits per heavy atom. The molecule has 2 aliphatic rings. The van der Waals surface area contributed by atoms with Crippen LogP contribution in [0.5, 0.6) is 5.75 Å². The Morgan fingerprint density at radius 3 is 2.53 bits per heavy atom. The zero-order valence-corrected chi connectivity index (χ0v) is 19.1. The molecule has 166 valence electrons. The molecule has 6 nitrogen and oxygen atoms in total. The van der Waals surface area contributed by atoms with Gasteiger partial charge in [0.1, 0.15) is 18.1 Å². The molecule has 2 aromatic rings. The predicted molar refractivity (Wildman–Crippen MR) is 124 cm³/mol. The highest BCUT2D eigenvalue weighted by Gasteiger charge is 2.47. The lowest BCUT2D eigenvalue weighted by Gasteiger charge is -2.27. The van der Waals surface area contributed by atoms with E-state index < -0.39 is 17.7 Å². The molecule has 2 atom stereocenters. The standard InChI is InChI=1S/C25H24BrNO5/c1-2-13-31-19-11-7-16(8-12-19)22-21(23(28)17-5-9-18(26)10-6-17)24(29)25(30)27(22)15-20-4-3-14-32-20/h2,5-12,20,22,28H,1,3-4,13-15H2. The Kier molecular flexibility index (Phi) is 6.77. The fourth-order valence-corrected chi connectivity index (χ4v) is 4.35. The van der Waals surface area contributed by atoms with Crippen molar-refractivity contribution in [2.24, 2.45) is 0 Å². The van der Waals surface area contributed by atoms with Crippen LogP contribution in [0.4, 0.5) is 0 Å². The van der Waals surface area contributed by atoms with Gasteiger partial charge in [0, 0.05) is 23.2 Å². The number of hydrogen-bond acceptors (Lipinski definition) is 5. The molecule has 2 saturated heterocycles. The Balaban J connectivity index is 1.76. The van der Waals surface area contributed by atoms with E-state index in [4.69, 9.17) is 9.47 Å². The monoisotopic (exact) mass is 497 g/mol. The topological polar surface area (TPSA) is 76.1 Å². The average molecular weight is 498 g/mol. The Bertz CT molecular complexity index is 1040. The van der Waals surface area contributed by atoms with Crippen molar-refractivity contribution in [3.63, 3.8) is 0 Å². The zero-order chi connectivity index (χ0) is 22.7. The van der Waals surface area contributed by atoms with E-state index in [0.29, 0.717) is 36.6 Å². The molecule has 32 heavy (non-hydrogen) atoms. The summed E-state index contributed by atoms with van der Waals surface area (Å²) in [6.07, 6.45) is 3.28. The van der Waals surface area contributed by atoms with E-state index in [0.717, 1.165) is 17.3 Å². The summed E-state index contributed by atoms with van der Waals surface area (Å²) in [6, 6.07) is 13.4. The quantitative estimate of drug-likeness (QED) is 0.261. The molecule has 2 unspecified atom stereocenters. The predicted octanol–water partition coefficient (Wildman–Crippen LogP) is 4.61. The van der Waals surface area contributed by atoms with Gasteiger partial charge < -0.3 is 19.5 Å². The molecule has 1 amide bonds. The SMILES string of the molecule is C=CCOc1ccc(C2C(=C(O)c3ccc(Br)cc3)C(=O)C(=O)N2CC2CCCO2)cc1. The summed E-state index contributed by atoms with van der Waals surface area (Å²) < 4.78 is 12.1. The number of likely N-dealkylation sites (tertiary alicyclic amines) is 1. The molecule has 2 heterocycles. The first-order chi connectivity index (χ1) is 15.5. The van der Waals surface area contributed by atoms with Crippen LogP contribution in [0.1, 0.15) is 30.0 Å². The van der Waals surface area contributed by atoms with E-state index in [1.165, 1.54) is 4.90 Å². The Hall–Kier alpha value is -2.90. The maximum Gasteiger partial charge on any atom is 0.295 e. The van der Waals surface area contributed by atoms with Crippen LogP contribution in [0.15, 0.2) is 71.2 Å². The minimum atomic E-state index is -0.712. The number of rotatable bonds is 7. The van der Waals surface area contributed by atoms with Crippen LogP contribution in [0.3, 0.4) is 0 Å². The molecule has 2 fully saturated rings. The van der Waals surface area contributed by atoms with Gasteiger partial charge >= 0.3 is 0 Å². The molecule has 0 bridgehead atoms. The number of carbonyl (C=O) groups is 2. The van der Waals surface area contributed by atoms with Crippen LogP contribution in [-0.4, -0.2) is 47.6 Å². The van der Waals surface area contributed by atoms with E-state index in [1.807, 2.05) is 12.1 Å². The second-order valence-corrected chi connectivity index (χ2v) is 8.68. The first-order valence-electron chi connectivity index (χ1n) is 10.5. The van der Waals surface area contributed by atoms with Gasteiger partial charge in [0.2, 0.25) is 0 Å². The van der Waals surface area contributed by atoms with Gasteiger partial charge in [0.15, 0.2) is 0 Å². The molecular formula is C25H24BrNO5. The second kappa shape index (κ2) is 9.71. The van der Waals surface area contributed by atoms with Crippen molar-refractivity contribution in [1.82, 2.24) is 4.90 Å². The lowest BCUT2D eigenvalue weighted by Crippen LogP contribution is -2.36. The number of hydrogen-bond donors (Lipinski definition) is 1. The van der Waals surface area contributed by atoms with Crippen molar-refractivity contribution in [3.8, 4) is 5.75 Å². The van der Waals surface area contributed by atoms with E-state index in [2.05, 4.69) is 22.5 Å². The van der Waals surface area contributed by atoms with Gasteiger partial charge in [-0.1, -0.05) is 52.9 Å². The van der Waals surface area contributed by atoms with Crippen molar-refractivity contribution in [3.05, 3.63) is 82.4 Å². The molecule has 2 aromatic carbocycles. The zero-order valence-electron chi connectivity index (χ0n) is 17.5. The van der Waals surface area contributed by atoms with E-state index in [-0.39, 0.29) is 17.4 Å². The third-order valence-corrected chi connectivity index (χ3v) is 6.17. The maximum absolute atomic E-state index is 13.1. The number of halogens is 1. The molecule has 7 heteroatoms. The number of carbonyl (C=O) groups excluding carboxylic acids is 2. The number of ketones is 1. The molecular weight excluding hydrogens is 474 g/mol. The summed E-state index contributed by atoms with van der Waals surface area (Å²) in [6.45, 7) is 4.95. The number of aliphatic hydroxyl groups excluding tert-OH is 1. The molecule has 0 aromatic heterocycles. The van der Waals surface area contributed by atoms with Crippen LogP contribution in [-0.2, 0) is 14.3 Å². The van der Waals surface area contributed by atoms with Gasteiger partial charge in [-0.15, -0.1) is 0 Å². The highest BCUT2D eigenvalue weighted by atomic mass is 79.9. The van der Waals surface area contributed by atoms with Crippen LogP contribution in [0.2, 0.25) is 0 Å². The van der Waals surface area contributed by atoms with Crippen LogP contribution in [0.25, 0.3) is 5.76 Å². The van der Waals surface area contributed by atoms with Crippen LogP contribution in [0, 0.1) is 0 Å². The van der Waals surface area contributed by atoms with E-state index >= 15 is 0 Å². The molecule has 0 radical (unpaired) electrons. The largest absolute Gasteiger partial charge is 0.507 e. The number of nitrogens with zero attached hydrogens (tertiary/aromatic N) is 1. The number of aliphatic hydroxyl groups is 1. The summed E-state index contributed by atoms with van der Waals surface area (Å²) in [4.78, 5) is 27.6. The Labute approximate surface area is 195 Å². The molecule has 0 aliphatic carbocycles. The first-order valence-corrected chi connectivity index (χ1v) is 11.3. The molecule has 0 spiro atoms. The molecule has 0 saturated carbocycles. The molecule has 1 N–H and O–H groups in total. The lowest BCUT2D eigenvalue weighted by molar-refractivity contribution is -0.140. The summed E-state index contributed by atoms with van der Waals surface area (Å²) in [5, 5.41) is 11.1. The van der Waals surface area contributed by atoms with Crippen molar-refractivity contribution in [1.29, 1.82) is 0 Å². The van der Waals surface area contributed by atoms with E-state index in [9.17, 15) is 14.7 Å². The number of benzene rings is 2. The number of ether oxygens (including phenoxy) is 2. The minimum absolute atomic E-state index is 0.0788. The fraction of sp³-hybridized carbons (Fsp3) is 0.280. The fourth-order valence-electron chi connectivity index (χ4n) is 4.09.